The van der Waals surface area contributed by atoms with Crippen LogP contribution in [0.2, 0.25) is 10.0 Å². The van der Waals surface area contributed by atoms with Crippen molar-refractivity contribution in [2.45, 2.75) is 0 Å². The summed E-state index contributed by atoms with van der Waals surface area (Å²) in [6, 6.07) is 20.6. The van der Waals surface area contributed by atoms with Crippen LogP contribution in [0.1, 0.15) is 10.4 Å². The van der Waals surface area contributed by atoms with Crippen molar-refractivity contribution < 1.29 is 14.3 Å². The summed E-state index contributed by atoms with van der Waals surface area (Å²) in [5.41, 5.74) is 1.52. The Morgan fingerprint density at radius 2 is 1.61 bits per heavy atom. The van der Waals surface area contributed by atoms with E-state index in [1.54, 1.807) is 66.7 Å². The highest BCUT2D eigenvalue weighted by Gasteiger charge is 2.10. The molecule has 0 fully saturated rings. The van der Waals surface area contributed by atoms with Gasteiger partial charge >= 0.3 is 0 Å². The molecule has 0 aliphatic carbocycles. The van der Waals surface area contributed by atoms with Crippen molar-refractivity contribution >= 4 is 46.4 Å². The number of carbonyl (C=O) groups is 2. The molecule has 0 saturated heterocycles. The van der Waals surface area contributed by atoms with E-state index in [1.807, 2.05) is 6.07 Å². The van der Waals surface area contributed by atoms with Gasteiger partial charge in [0.2, 0.25) is 0 Å². The van der Waals surface area contributed by atoms with E-state index in [1.165, 1.54) is 0 Å². The molecule has 0 bridgehead atoms. The lowest BCUT2D eigenvalue weighted by atomic mass is 10.2. The smallest absolute Gasteiger partial charge is 0.262 e. The molecule has 0 aromatic heterocycles. The molecule has 0 unspecified atom stereocenters. The zero-order valence-corrected chi connectivity index (χ0v) is 16.1. The van der Waals surface area contributed by atoms with Crippen LogP contribution in [0.5, 0.6) is 5.75 Å². The average Bonchev–Trinajstić information content (AvgIpc) is 2.71. The first-order valence-corrected chi connectivity index (χ1v) is 9.11. The number of nitrogens with one attached hydrogen (secondary N) is 2. The van der Waals surface area contributed by atoms with Crippen molar-refractivity contribution in [3.63, 3.8) is 0 Å². The van der Waals surface area contributed by atoms with E-state index < -0.39 is 0 Å². The maximum atomic E-state index is 12.2. The lowest BCUT2D eigenvalue weighted by molar-refractivity contribution is -0.118. The number of rotatable bonds is 6. The highest BCUT2D eigenvalue weighted by atomic mass is 35.5. The Morgan fingerprint density at radius 3 is 2.39 bits per heavy atom. The lowest BCUT2D eigenvalue weighted by Gasteiger charge is -2.11. The fourth-order valence-corrected chi connectivity index (χ4v) is 2.74. The molecule has 0 atom stereocenters. The molecule has 7 heteroatoms. The maximum absolute atomic E-state index is 12.2. The minimum absolute atomic E-state index is 0.223. The van der Waals surface area contributed by atoms with Crippen molar-refractivity contribution in [2.75, 3.05) is 17.2 Å². The standard InChI is InChI=1S/C21H16Cl2N2O3/c22-17-10-5-11-18(20(17)23)25-19(26)13-28-16-9-4-8-15(12-16)24-21(27)14-6-2-1-3-7-14/h1-12H,13H2,(H,24,27)(H,25,26). The van der Waals surface area contributed by atoms with Gasteiger partial charge in [-0.15, -0.1) is 0 Å². The second-order valence-corrected chi connectivity index (χ2v) is 6.57. The molecule has 0 aliphatic heterocycles. The molecule has 2 N–H and O–H groups in total. The zero-order chi connectivity index (χ0) is 19.9. The van der Waals surface area contributed by atoms with Crippen molar-refractivity contribution in [3.05, 3.63) is 88.4 Å². The molecule has 0 spiro atoms. The second-order valence-electron chi connectivity index (χ2n) is 5.79. The van der Waals surface area contributed by atoms with Crippen LogP contribution >= 0.6 is 23.2 Å². The van der Waals surface area contributed by atoms with Gasteiger partial charge in [0.1, 0.15) is 5.75 Å². The number of ether oxygens (including phenoxy) is 1. The highest BCUT2D eigenvalue weighted by molar-refractivity contribution is 6.44. The van der Waals surface area contributed by atoms with Crippen LogP contribution < -0.4 is 15.4 Å². The topological polar surface area (TPSA) is 67.4 Å². The lowest BCUT2D eigenvalue weighted by Crippen LogP contribution is -2.20. The first-order chi connectivity index (χ1) is 13.5. The Hall–Kier alpha value is -3.02. The molecule has 28 heavy (non-hydrogen) atoms. The Balaban J connectivity index is 1.58. The van der Waals surface area contributed by atoms with Crippen LogP contribution in [0.4, 0.5) is 11.4 Å². The summed E-state index contributed by atoms with van der Waals surface area (Å²) in [5, 5.41) is 6.04. The van der Waals surface area contributed by atoms with Crippen molar-refractivity contribution in [2.24, 2.45) is 0 Å². The van der Waals surface area contributed by atoms with Gasteiger partial charge in [-0.1, -0.05) is 53.5 Å². The monoisotopic (exact) mass is 414 g/mol. The van der Waals surface area contributed by atoms with Gasteiger partial charge in [-0.25, -0.2) is 0 Å². The molecule has 142 valence electrons. The highest BCUT2D eigenvalue weighted by Crippen LogP contribution is 2.29. The summed E-state index contributed by atoms with van der Waals surface area (Å²) >= 11 is 12.0. The van der Waals surface area contributed by atoms with Crippen molar-refractivity contribution in [1.82, 2.24) is 0 Å². The number of anilines is 2. The first-order valence-electron chi connectivity index (χ1n) is 8.36. The third kappa shape index (κ3) is 5.25. The molecular formula is C21H16Cl2N2O3. The maximum Gasteiger partial charge on any atom is 0.262 e. The van der Waals surface area contributed by atoms with Crippen LogP contribution in [-0.4, -0.2) is 18.4 Å². The normalized spacial score (nSPS) is 10.2. The number of benzene rings is 3. The third-order valence-corrected chi connectivity index (χ3v) is 4.54. The van der Waals surface area contributed by atoms with Gasteiger partial charge in [-0.3, -0.25) is 9.59 Å². The van der Waals surface area contributed by atoms with Gasteiger partial charge in [0.05, 0.1) is 15.7 Å². The predicted octanol–water partition coefficient (Wildman–Crippen LogP) is 5.26. The number of hydrogen-bond donors (Lipinski definition) is 2. The van der Waals surface area contributed by atoms with Gasteiger partial charge < -0.3 is 15.4 Å². The number of carbonyl (C=O) groups excluding carboxylic acids is 2. The van der Waals surface area contributed by atoms with Crippen LogP contribution in [0.15, 0.2) is 72.8 Å². The Bertz CT molecular complexity index is 994. The summed E-state index contributed by atoms with van der Waals surface area (Å²) in [6.45, 7) is -0.223. The van der Waals surface area contributed by atoms with Crippen LogP contribution in [-0.2, 0) is 4.79 Å². The zero-order valence-electron chi connectivity index (χ0n) is 14.6. The summed E-state index contributed by atoms with van der Waals surface area (Å²) < 4.78 is 5.50. The van der Waals surface area contributed by atoms with Gasteiger partial charge in [0.25, 0.3) is 11.8 Å². The van der Waals surface area contributed by atoms with Crippen LogP contribution in [0.3, 0.4) is 0 Å². The van der Waals surface area contributed by atoms with E-state index in [0.717, 1.165) is 0 Å². The summed E-state index contributed by atoms with van der Waals surface area (Å²) in [5.74, 6) is -0.174. The quantitative estimate of drug-likeness (QED) is 0.577. The minimum Gasteiger partial charge on any atom is -0.484 e. The van der Waals surface area contributed by atoms with E-state index >= 15 is 0 Å². The fraction of sp³-hybridized carbons (Fsp3) is 0.0476. The van der Waals surface area contributed by atoms with Gasteiger partial charge in [0.15, 0.2) is 6.61 Å². The summed E-state index contributed by atoms with van der Waals surface area (Å²) in [7, 11) is 0. The SMILES string of the molecule is O=C(COc1cccc(NC(=O)c2ccccc2)c1)Nc1cccc(Cl)c1Cl. The van der Waals surface area contributed by atoms with Crippen LogP contribution in [0, 0.1) is 0 Å². The van der Waals surface area contributed by atoms with E-state index in [9.17, 15) is 9.59 Å². The molecule has 5 nitrogen and oxygen atoms in total. The largest absolute Gasteiger partial charge is 0.484 e. The second kappa shape index (κ2) is 9.26. The summed E-state index contributed by atoms with van der Waals surface area (Å²) in [4.78, 5) is 24.3. The molecule has 0 saturated carbocycles. The Morgan fingerprint density at radius 1 is 0.857 bits per heavy atom. The molecule has 0 heterocycles. The molecule has 3 aromatic carbocycles. The average molecular weight is 415 g/mol. The number of hydrogen-bond acceptors (Lipinski definition) is 3. The molecule has 0 aliphatic rings. The van der Waals surface area contributed by atoms with Crippen molar-refractivity contribution in [1.29, 1.82) is 0 Å². The van der Waals surface area contributed by atoms with E-state index in [4.69, 9.17) is 27.9 Å². The van der Waals surface area contributed by atoms with Gasteiger partial charge in [0, 0.05) is 17.3 Å². The molecule has 3 aromatic rings. The first kappa shape index (κ1) is 19.7. The predicted molar refractivity (Wildman–Crippen MR) is 111 cm³/mol. The third-order valence-electron chi connectivity index (χ3n) is 3.72. The molecule has 3 rings (SSSR count). The van der Waals surface area contributed by atoms with E-state index in [-0.39, 0.29) is 23.4 Å². The minimum atomic E-state index is -0.386. The number of amides is 2. The Kier molecular flexibility index (Phi) is 6.53. The van der Waals surface area contributed by atoms with E-state index in [0.29, 0.717) is 27.7 Å². The van der Waals surface area contributed by atoms with Gasteiger partial charge in [-0.2, -0.15) is 0 Å². The fourth-order valence-electron chi connectivity index (χ4n) is 2.39. The van der Waals surface area contributed by atoms with Crippen molar-refractivity contribution in [3.8, 4) is 5.75 Å². The summed E-state index contributed by atoms with van der Waals surface area (Å²) in [6.07, 6.45) is 0. The Labute approximate surface area is 172 Å². The molecule has 2 amide bonds. The van der Waals surface area contributed by atoms with Crippen LogP contribution in [0.25, 0.3) is 0 Å². The number of halogens is 2. The van der Waals surface area contributed by atoms with Gasteiger partial charge in [-0.05, 0) is 36.4 Å². The molecular weight excluding hydrogens is 399 g/mol. The molecule has 0 radical (unpaired) electrons. The van der Waals surface area contributed by atoms with E-state index in [2.05, 4.69) is 10.6 Å².